The molecule has 0 bridgehead atoms. The number of para-hydroxylation sites is 1. The average Bonchev–Trinajstić information content (AvgIpc) is 2.57. The molecule has 0 atom stereocenters. The molecule has 0 amide bonds. The third kappa shape index (κ3) is 4.04. The summed E-state index contributed by atoms with van der Waals surface area (Å²) in [6, 6.07) is 14.7. The molecule has 3 rings (SSSR count). The molecule has 0 radical (unpaired) electrons. The molecule has 0 saturated carbocycles. The van der Waals surface area contributed by atoms with Gasteiger partial charge in [0.1, 0.15) is 0 Å². The maximum absolute atomic E-state index is 4.70. The summed E-state index contributed by atoms with van der Waals surface area (Å²) < 4.78 is 0. The minimum atomic E-state index is 0.964. The second-order valence-corrected chi connectivity index (χ2v) is 7.12. The van der Waals surface area contributed by atoms with Gasteiger partial charge in [-0.05, 0) is 56.9 Å². The monoisotopic (exact) mass is 334 g/mol. The van der Waals surface area contributed by atoms with Crippen molar-refractivity contribution in [2.75, 3.05) is 0 Å². The molecule has 0 fully saturated rings. The highest BCUT2D eigenvalue weighted by Gasteiger charge is 2.08. The van der Waals surface area contributed by atoms with Crippen LogP contribution in [0.3, 0.4) is 0 Å². The minimum Gasteiger partial charge on any atom is -0.257 e. The lowest BCUT2D eigenvalue weighted by molar-refractivity contribution is 1.04. The van der Waals surface area contributed by atoms with Gasteiger partial charge in [-0.3, -0.25) is 9.98 Å². The predicted octanol–water partition coefficient (Wildman–Crippen LogP) is 6.30. The van der Waals surface area contributed by atoms with Crippen molar-refractivity contribution in [1.29, 1.82) is 0 Å². The quantitative estimate of drug-likeness (QED) is 0.602. The first-order chi connectivity index (χ1) is 11.6. The van der Waals surface area contributed by atoms with Crippen LogP contribution in [0.25, 0.3) is 0 Å². The molecule has 122 valence electrons. The SMILES string of the molecule is CC1=NC(/C=N/c2ccccc2Sc2c(C)cccc2C)=CCC1. The normalized spacial score (nSPS) is 14.6. The number of nitrogens with zero attached hydrogens (tertiary/aromatic N) is 2. The fourth-order valence-electron chi connectivity index (χ4n) is 2.69. The predicted molar refractivity (Wildman–Crippen MR) is 105 cm³/mol. The Balaban J connectivity index is 1.87. The summed E-state index contributed by atoms with van der Waals surface area (Å²) in [7, 11) is 0. The van der Waals surface area contributed by atoms with E-state index in [1.54, 1.807) is 11.8 Å². The van der Waals surface area contributed by atoms with E-state index in [1.165, 1.54) is 26.6 Å². The first-order valence-corrected chi connectivity index (χ1v) is 9.06. The molecule has 0 spiro atoms. The zero-order chi connectivity index (χ0) is 16.9. The Kier molecular flexibility index (Phi) is 5.31. The van der Waals surface area contributed by atoms with Gasteiger partial charge in [0.05, 0.1) is 17.6 Å². The summed E-state index contributed by atoms with van der Waals surface area (Å²) in [5.41, 5.74) is 5.73. The highest BCUT2D eigenvalue weighted by Crippen LogP contribution is 2.38. The lowest BCUT2D eigenvalue weighted by atomic mass is 10.1. The molecule has 0 unspecified atom stereocenters. The van der Waals surface area contributed by atoms with E-state index in [9.17, 15) is 0 Å². The van der Waals surface area contributed by atoms with Gasteiger partial charge in [-0.15, -0.1) is 0 Å². The van der Waals surface area contributed by atoms with Crippen LogP contribution in [0.5, 0.6) is 0 Å². The second-order valence-electron chi connectivity index (χ2n) is 6.06. The van der Waals surface area contributed by atoms with Gasteiger partial charge < -0.3 is 0 Å². The zero-order valence-electron chi connectivity index (χ0n) is 14.4. The van der Waals surface area contributed by atoms with Gasteiger partial charge in [-0.25, -0.2) is 0 Å². The molecule has 2 aromatic carbocycles. The van der Waals surface area contributed by atoms with Gasteiger partial charge in [0, 0.05) is 15.5 Å². The zero-order valence-corrected chi connectivity index (χ0v) is 15.2. The molecular weight excluding hydrogens is 312 g/mol. The Morgan fingerprint density at radius 3 is 2.50 bits per heavy atom. The van der Waals surface area contributed by atoms with Crippen LogP contribution >= 0.6 is 11.8 Å². The van der Waals surface area contributed by atoms with Crippen LogP contribution in [-0.4, -0.2) is 11.9 Å². The molecule has 24 heavy (non-hydrogen) atoms. The highest BCUT2D eigenvalue weighted by molar-refractivity contribution is 7.99. The Labute approximate surface area is 148 Å². The largest absolute Gasteiger partial charge is 0.257 e. The number of rotatable bonds is 4. The van der Waals surface area contributed by atoms with Crippen molar-refractivity contribution in [2.24, 2.45) is 9.98 Å². The number of aliphatic imine (C=N–C) groups is 2. The number of hydrogen-bond donors (Lipinski definition) is 0. The fourth-order valence-corrected chi connectivity index (χ4v) is 3.74. The molecule has 0 N–H and O–H groups in total. The molecule has 0 aromatic heterocycles. The van der Waals surface area contributed by atoms with Crippen LogP contribution in [0, 0.1) is 13.8 Å². The van der Waals surface area contributed by atoms with Crippen molar-refractivity contribution in [3.63, 3.8) is 0 Å². The van der Waals surface area contributed by atoms with E-state index >= 15 is 0 Å². The van der Waals surface area contributed by atoms with Gasteiger partial charge in [0.2, 0.25) is 0 Å². The summed E-state index contributed by atoms with van der Waals surface area (Å²) in [5, 5.41) is 0. The summed E-state index contributed by atoms with van der Waals surface area (Å²) in [4.78, 5) is 11.7. The Hall–Kier alpha value is -2.13. The summed E-state index contributed by atoms with van der Waals surface area (Å²) >= 11 is 1.79. The third-order valence-corrected chi connectivity index (χ3v) is 5.41. The van der Waals surface area contributed by atoms with Crippen molar-refractivity contribution in [3.8, 4) is 0 Å². The van der Waals surface area contributed by atoms with Crippen molar-refractivity contribution >= 4 is 29.4 Å². The fraction of sp³-hybridized carbons (Fsp3) is 0.238. The van der Waals surface area contributed by atoms with E-state index < -0.39 is 0 Å². The number of allylic oxidation sites excluding steroid dienone is 2. The van der Waals surface area contributed by atoms with Crippen LogP contribution in [0.15, 0.2) is 74.0 Å². The van der Waals surface area contributed by atoms with Crippen LogP contribution in [-0.2, 0) is 0 Å². The van der Waals surface area contributed by atoms with Gasteiger partial charge in [-0.1, -0.05) is 48.2 Å². The molecule has 3 heteroatoms. The van der Waals surface area contributed by atoms with Crippen molar-refractivity contribution in [3.05, 3.63) is 65.4 Å². The second kappa shape index (κ2) is 7.63. The summed E-state index contributed by atoms with van der Waals surface area (Å²) in [5.74, 6) is 0. The highest BCUT2D eigenvalue weighted by atomic mass is 32.2. The van der Waals surface area contributed by atoms with Gasteiger partial charge in [0.25, 0.3) is 0 Å². The van der Waals surface area contributed by atoms with E-state index in [0.717, 1.165) is 24.2 Å². The molecule has 0 saturated heterocycles. The molecule has 1 aliphatic heterocycles. The molecule has 1 aliphatic rings. The first-order valence-electron chi connectivity index (χ1n) is 8.25. The number of aryl methyl sites for hydroxylation is 2. The lowest BCUT2D eigenvalue weighted by Gasteiger charge is -2.11. The molecule has 2 aromatic rings. The Bertz CT molecular complexity index is 811. The van der Waals surface area contributed by atoms with E-state index in [2.05, 4.69) is 68.2 Å². The van der Waals surface area contributed by atoms with Crippen molar-refractivity contribution in [2.45, 2.75) is 43.4 Å². The standard InChI is InChI=1S/C21H22N2S/c1-15-8-6-9-16(2)21(15)24-20-13-5-4-12-19(20)22-14-18-11-7-10-17(3)23-18/h4-6,8-9,11-14H,7,10H2,1-3H3/b22-14+. The van der Waals surface area contributed by atoms with Gasteiger partial charge >= 0.3 is 0 Å². The topological polar surface area (TPSA) is 24.7 Å². The molecule has 2 nitrogen and oxygen atoms in total. The maximum atomic E-state index is 4.70. The Morgan fingerprint density at radius 2 is 1.75 bits per heavy atom. The van der Waals surface area contributed by atoms with Crippen molar-refractivity contribution in [1.82, 2.24) is 0 Å². The van der Waals surface area contributed by atoms with Crippen LogP contribution in [0.4, 0.5) is 5.69 Å². The lowest BCUT2D eigenvalue weighted by Crippen LogP contribution is -1.98. The van der Waals surface area contributed by atoms with E-state index in [4.69, 9.17) is 4.99 Å². The Morgan fingerprint density at radius 1 is 1.00 bits per heavy atom. The number of hydrogen-bond acceptors (Lipinski definition) is 3. The van der Waals surface area contributed by atoms with Crippen LogP contribution in [0.1, 0.15) is 30.9 Å². The van der Waals surface area contributed by atoms with E-state index in [-0.39, 0.29) is 0 Å². The summed E-state index contributed by atoms with van der Waals surface area (Å²) in [6.45, 7) is 6.39. The molecule has 1 heterocycles. The maximum Gasteiger partial charge on any atom is 0.0772 e. The number of benzene rings is 2. The van der Waals surface area contributed by atoms with E-state index in [1.807, 2.05) is 12.3 Å². The average molecular weight is 334 g/mol. The molecule has 0 aliphatic carbocycles. The summed E-state index contributed by atoms with van der Waals surface area (Å²) in [6.07, 6.45) is 6.14. The third-order valence-electron chi connectivity index (χ3n) is 4.00. The van der Waals surface area contributed by atoms with Crippen LogP contribution in [0.2, 0.25) is 0 Å². The van der Waals surface area contributed by atoms with Gasteiger partial charge in [0.15, 0.2) is 0 Å². The first kappa shape index (κ1) is 16.7. The van der Waals surface area contributed by atoms with Gasteiger partial charge in [-0.2, -0.15) is 0 Å². The van der Waals surface area contributed by atoms with E-state index in [0.29, 0.717) is 0 Å². The smallest absolute Gasteiger partial charge is 0.0772 e. The van der Waals surface area contributed by atoms with Crippen molar-refractivity contribution < 1.29 is 0 Å². The van der Waals surface area contributed by atoms with Crippen LogP contribution < -0.4 is 0 Å². The molecular formula is C21H22N2S. The minimum absolute atomic E-state index is 0.964.